The van der Waals surface area contributed by atoms with Gasteiger partial charge in [-0.05, 0) is 125 Å². The van der Waals surface area contributed by atoms with E-state index in [0.29, 0.717) is 48.1 Å². The lowest BCUT2D eigenvalue weighted by Gasteiger charge is -2.35. The second-order valence-corrected chi connectivity index (χ2v) is 38.1. The van der Waals surface area contributed by atoms with Gasteiger partial charge in [0.25, 0.3) is 37.8 Å². The number of imide groups is 1. The summed E-state index contributed by atoms with van der Waals surface area (Å²) in [7, 11) is -6.23. The minimum atomic E-state index is -4.26. The first-order valence-electron chi connectivity index (χ1n) is 46.0. The molecule has 0 radical (unpaired) electrons. The highest BCUT2D eigenvalue weighted by molar-refractivity contribution is 7.99. The average Bonchev–Trinajstić information content (AvgIpc) is 1.04. The van der Waals surface area contributed by atoms with Crippen molar-refractivity contribution in [3.05, 3.63) is 138 Å². The van der Waals surface area contributed by atoms with E-state index < -0.39 is 84.9 Å². The first-order chi connectivity index (χ1) is 60.0. The SMILES string of the molecule is CCCCCCCCCCCCCCCCCCN1C(C(C(=O)Nc2cc(C)ccc2OCCC)n2cnc(C(=O)OC)c2C(=O)OC)=Nc2ccccc2S1(=O)=O.CCCCCCCCCCCCCCCCCCN1C(C(C(=O)Nc2ccccc2Sc2cc(C)ccc2OCCCCCCCC)N2C(=O)OC(C)(C)C2=O)=Nc2ccccc2S1(=O)=O. The van der Waals surface area contributed by atoms with E-state index in [-0.39, 0.29) is 45.9 Å². The number of rotatable bonds is 57. The molecule has 4 amide bonds. The molecule has 0 saturated carbocycles. The van der Waals surface area contributed by atoms with Crippen molar-refractivity contribution in [2.24, 2.45) is 9.98 Å². The third-order valence-corrected chi connectivity index (χ3v) is 27.5. The number of para-hydroxylation sites is 3. The first-order valence-corrected chi connectivity index (χ1v) is 49.7. The third kappa shape index (κ3) is 29.5. The standard InChI is InChI=1S/C53H76N4O7S2.C44H63N5O8S/c1-6-8-10-12-14-15-16-17-18-19-20-21-22-23-24-30-38-56-49(54-43-33-27-29-35-47(43)66(56,61)62)48(57-51(59)53(4,5)64-52(57)60)50(58)55-42-32-26-28-34-45(42)65-46-40-41(3)36-37-44(46)63-39-31-25-13-11-9-7-2;1-6-8-9-10-11-12-13-14-15-16-17-18-19-20-21-24-29-49-41(46-34-25-22-23-26-37(34)58(49,53)54)40(48-32-45-38(43(51)55-4)39(48)44(52)56-5)42(50)47-35-31-33(3)27-28-36(35)57-30-7-2/h26-29,32-37,40,48H,6-25,30-31,38-39H2,1-5H3,(H,55,58);22-23,25-28,31-32,40H,6-21,24,29-30H2,1-5H3,(H,47,50). The number of amidine groups is 2. The number of fused-ring (bicyclic) bond motifs is 2. The molecule has 4 heterocycles. The molecular weight excluding hydrogens is 1630 g/mol. The Morgan fingerprint density at radius 2 is 0.855 bits per heavy atom. The smallest absolute Gasteiger partial charge is 0.418 e. The number of amides is 4. The van der Waals surface area contributed by atoms with Gasteiger partial charge in [0.1, 0.15) is 21.3 Å². The van der Waals surface area contributed by atoms with E-state index in [2.05, 4.69) is 36.4 Å². The molecule has 1 fully saturated rings. The number of methoxy groups -OCH3 is 2. The molecule has 24 nitrogen and oxygen atoms in total. The number of aromatic nitrogens is 2. The van der Waals surface area contributed by atoms with Crippen LogP contribution in [0.15, 0.2) is 145 Å². The van der Waals surface area contributed by atoms with Gasteiger partial charge in [-0.3, -0.25) is 23.0 Å². The Labute approximate surface area is 743 Å². The van der Waals surface area contributed by atoms with Crippen LogP contribution in [0.4, 0.5) is 27.5 Å². The number of carbonyl (C=O) groups excluding carboxylic acids is 6. The fourth-order valence-electron chi connectivity index (χ4n) is 15.7. The highest BCUT2D eigenvalue weighted by atomic mass is 32.2. The number of unbranched alkanes of at least 4 members (excludes halogenated alkanes) is 35. The van der Waals surface area contributed by atoms with E-state index in [9.17, 15) is 45.6 Å². The van der Waals surface area contributed by atoms with Gasteiger partial charge < -0.3 is 38.9 Å². The number of nitrogens with one attached hydrogen (secondary N) is 2. The minimum absolute atomic E-state index is 0.00240. The zero-order valence-corrected chi connectivity index (χ0v) is 78.0. The topological polar surface area (TPSA) is 293 Å². The van der Waals surface area contributed by atoms with Crippen molar-refractivity contribution < 1.29 is 69.3 Å². The maximum atomic E-state index is 14.9. The van der Waals surface area contributed by atoms with Crippen LogP contribution >= 0.6 is 11.8 Å². The first kappa shape index (κ1) is 100. The number of nitrogens with zero attached hydrogens (tertiary/aromatic N) is 7. The van der Waals surface area contributed by atoms with Crippen molar-refractivity contribution in [1.82, 2.24) is 23.1 Å². The Morgan fingerprint density at radius 3 is 1.31 bits per heavy atom. The maximum Gasteiger partial charge on any atom is 0.418 e. The molecule has 1 aromatic heterocycles. The molecule has 680 valence electrons. The molecule has 2 atom stereocenters. The fraction of sp³-hybridized carbons (Fsp3) is 0.577. The molecule has 2 N–H and O–H groups in total. The number of hydrogen-bond donors (Lipinski definition) is 2. The summed E-state index contributed by atoms with van der Waals surface area (Å²) in [5, 5.41) is 5.88. The molecule has 3 aliphatic heterocycles. The van der Waals surface area contributed by atoms with Crippen LogP contribution in [0.2, 0.25) is 0 Å². The van der Waals surface area contributed by atoms with Gasteiger partial charge in [0, 0.05) is 18.0 Å². The number of sulfonamides is 2. The monoisotopic (exact) mass is 1770 g/mol. The Hall–Kier alpha value is -9.08. The van der Waals surface area contributed by atoms with Crippen LogP contribution in [-0.4, -0.2) is 139 Å². The van der Waals surface area contributed by atoms with Crippen LogP contribution in [0.1, 0.15) is 330 Å². The summed E-state index contributed by atoms with van der Waals surface area (Å²) in [4.78, 5) is 99.6. The number of aliphatic imine (C=N–C) groups is 2. The van der Waals surface area contributed by atoms with Crippen LogP contribution < -0.4 is 20.1 Å². The zero-order chi connectivity index (χ0) is 89.3. The quantitative estimate of drug-likeness (QED) is 0.0204. The Morgan fingerprint density at radius 1 is 0.452 bits per heavy atom. The molecular formula is C97H139N9O15S3. The number of benzene rings is 5. The van der Waals surface area contributed by atoms with Crippen molar-refractivity contribution in [3.8, 4) is 11.5 Å². The van der Waals surface area contributed by atoms with Crippen LogP contribution in [-0.2, 0) is 48.6 Å². The summed E-state index contributed by atoms with van der Waals surface area (Å²) < 4.78 is 89.1. The number of hydrogen-bond acceptors (Lipinski definition) is 19. The van der Waals surface area contributed by atoms with E-state index in [4.69, 9.17) is 33.7 Å². The van der Waals surface area contributed by atoms with Crippen LogP contribution in [0.25, 0.3) is 0 Å². The summed E-state index contributed by atoms with van der Waals surface area (Å²) >= 11 is 1.42. The molecule has 6 aromatic rings. The molecule has 27 heteroatoms. The van der Waals surface area contributed by atoms with E-state index in [1.54, 1.807) is 60.7 Å². The second-order valence-electron chi connectivity index (χ2n) is 33.3. The van der Waals surface area contributed by atoms with Crippen molar-refractivity contribution in [3.63, 3.8) is 0 Å². The minimum Gasteiger partial charge on any atom is -0.492 e. The lowest BCUT2D eigenvalue weighted by Crippen LogP contribution is -2.59. The Bertz CT molecular complexity index is 4700. The van der Waals surface area contributed by atoms with Gasteiger partial charge >= 0.3 is 18.0 Å². The predicted octanol–water partition coefficient (Wildman–Crippen LogP) is 23.7. The van der Waals surface area contributed by atoms with E-state index in [1.807, 2.05) is 57.2 Å². The molecule has 0 aliphatic carbocycles. The molecule has 124 heavy (non-hydrogen) atoms. The number of aryl methyl sites for hydroxylation is 2. The van der Waals surface area contributed by atoms with Gasteiger partial charge in [-0.2, -0.15) is 0 Å². The van der Waals surface area contributed by atoms with Gasteiger partial charge in [0.15, 0.2) is 40.7 Å². The van der Waals surface area contributed by atoms with Crippen molar-refractivity contribution in [1.29, 1.82) is 0 Å². The molecule has 0 spiro atoms. The van der Waals surface area contributed by atoms with E-state index in [0.717, 1.165) is 131 Å². The van der Waals surface area contributed by atoms with Gasteiger partial charge in [0.05, 0.1) is 61.4 Å². The normalized spacial score (nSPS) is 14.7. The van der Waals surface area contributed by atoms with Crippen molar-refractivity contribution >= 4 is 102 Å². The summed E-state index contributed by atoms with van der Waals surface area (Å²) in [6.45, 7) is 16.5. The lowest BCUT2D eigenvalue weighted by molar-refractivity contribution is -0.137. The summed E-state index contributed by atoms with van der Waals surface area (Å²) in [6.07, 6.45) is 45.2. The molecule has 0 bridgehead atoms. The number of anilines is 2. The predicted molar refractivity (Wildman–Crippen MR) is 494 cm³/mol. The number of imidazole rings is 1. The molecule has 9 rings (SSSR count). The van der Waals surface area contributed by atoms with E-state index >= 15 is 0 Å². The maximum absolute atomic E-state index is 14.9. The van der Waals surface area contributed by atoms with Crippen LogP contribution in [0.5, 0.6) is 11.5 Å². The number of carbonyl (C=O) groups is 6. The lowest BCUT2D eigenvalue weighted by atomic mass is 10.0. The second kappa shape index (κ2) is 52.8. The number of cyclic esters (lactones) is 1. The summed E-state index contributed by atoms with van der Waals surface area (Å²) in [5.41, 5.74) is 0.473. The Balaban J connectivity index is 0.000000310. The molecule has 2 unspecified atom stereocenters. The Kier molecular flexibility index (Phi) is 42.7. The largest absolute Gasteiger partial charge is 0.492 e. The number of ether oxygens (including phenoxy) is 5. The summed E-state index contributed by atoms with van der Waals surface area (Å²) in [6, 6.07) is 27.9. The van der Waals surface area contributed by atoms with Crippen LogP contribution in [0, 0.1) is 13.8 Å². The average molecular weight is 1770 g/mol. The van der Waals surface area contributed by atoms with E-state index in [1.165, 1.54) is 205 Å². The van der Waals surface area contributed by atoms with Gasteiger partial charge in [-0.1, -0.05) is 313 Å². The van der Waals surface area contributed by atoms with Crippen LogP contribution in [0.3, 0.4) is 0 Å². The highest BCUT2D eigenvalue weighted by Crippen LogP contribution is 2.43. The zero-order valence-electron chi connectivity index (χ0n) is 75.5. The third-order valence-electron chi connectivity index (χ3n) is 22.7. The molecule has 1 saturated heterocycles. The summed E-state index contributed by atoms with van der Waals surface area (Å²) in [5.74, 6) is -3.52. The van der Waals surface area contributed by atoms with Crippen molar-refractivity contribution in [2.45, 2.75) is 343 Å². The number of esters is 2. The fourth-order valence-corrected chi connectivity index (χ4v) is 20.0. The van der Waals surface area contributed by atoms with Gasteiger partial charge in [-0.25, -0.2) is 51.1 Å². The molecule has 3 aliphatic rings. The van der Waals surface area contributed by atoms with Gasteiger partial charge in [-0.15, -0.1) is 0 Å². The van der Waals surface area contributed by atoms with Gasteiger partial charge in [0.2, 0.25) is 0 Å². The van der Waals surface area contributed by atoms with Crippen molar-refractivity contribution in [2.75, 3.05) is 51.2 Å². The highest BCUT2D eigenvalue weighted by Gasteiger charge is 2.56. The molecule has 5 aromatic carbocycles.